The smallest absolute Gasteiger partial charge is 0.326 e. The number of carbonyl (C=O) groups excluding carboxylic acids is 1. The molecule has 0 amide bonds. The van der Waals surface area contributed by atoms with Crippen molar-refractivity contribution in [3.63, 3.8) is 0 Å². The zero-order valence-corrected chi connectivity index (χ0v) is 7.79. The molecule has 2 rings (SSSR count). The molecule has 0 aromatic heterocycles. The summed E-state index contributed by atoms with van der Waals surface area (Å²) in [7, 11) is 0. The lowest BCUT2D eigenvalue weighted by Gasteiger charge is -2.26. The number of nitrogens with one attached hydrogen (secondary N) is 1. The molecule has 74 valence electrons. The van der Waals surface area contributed by atoms with Crippen LogP contribution in [0.5, 0.6) is 0 Å². The molecule has 0 bridgehead atoms. The normalized spacial score (nSPS) is 30.5. The van der Waals surface area contributed by atoms with Gasteiger partial charge in [-0.3, -0.25) is 4.79 Å². The first-order chi connectivity index (χ1) is 6.34. The molecule has 2 saturated heterocycles. The Kier molecular flexibility index (Phi) is 2.80. The van der Waals surface area contributed by atoms with Crippen molar-refractivity contribution in [3.8, 4) is 0 Å². The molecular weight excluding hydrogens is 168 g/mol. The van der Waals surface area contributed by atoms with Gasteiger partial charge in [-0.05, 0) is 19.4 Å². The molecule has 1 unspecified atom stereocenters. The predicted molar refractivity (Wildman–Crippen MR) is 47.9 cm³/mol. The van der Waals surface area contributed by atoms with Crippen LogP contribution in [-0.4, -0.2) is 36.7 Å². The van der Waals surface area contributed by atoms with Crippen LogP contribution >= 0.6 is 0 Å². The molecule has 0 saturated carbocycles. The Labute approximate surface area is 78.2 Å². The van der Waals surface area contributed by atoms with Crippen LogP contribution in [0.15, 0.2) is 0 Å². The van der Waals surface area contributed by atoms with Gasteiger partial charge in [0.1, 0.15) is 0 Å². The maximum atomic E-state index is 10.8. The first-order valence-corrected chi connectivity index (χ1v) is 5.04. The summed E-state index contributed by atoms with van der Waals surface area (Å²) >= 11 is 0. The molecule has 13 heavy (non-hydrogen) atoms. The van der Waals surface area contributed by atoms with Gasteiger partial charge in [-0.1, -0.05) is 6.42 Å². The van der Waals surface area contributed by atoms with Crippen LogP contribution in [0.2, 0.25) is 0 Å². The molecule has 2 fully saturated rings. The molecule has 4 nitrogen and oxygen atoms in total. The monoisotopic (exact) mass is 184 g/mol. The van der Waals surface area contributed by atoms with Gasteiger partial charge in [0.2, 0.25) is 0 Å². The third-order valence-electron chi connectivity index (χ3n) is 2.63. The molecule has 0 radical (unpaired) electrons. The van der Waals surface area contributed by atoms with E-state index in [4.69, 9.17) is 4.84 Å². The van der Waals surface area contributed by atoms with Crippen molar-refractivity contribution < 1.29 is 9.63 Å². The topological polar surface area (TPSA) is 41.6 Å². The first kappa shape index (κ1) is 8.97. The summed E-state index contributed by atoms with van der Waals surface area (Å²) in [5.41, 5.74) is 0. The van der Waals surface area contributed by atoms with E-state index in [1.807, 2.05) is 0 Å². The van der Waals surface area contributed by atoms with E-state index in [-0.39, 0.29) is 5.97 Å². The second-order valence-electron chi connectivity index (χ2n) is 3.75. The van der Waals surface area contributed by atoms with E-state index in [1.165, 1.54) is 19.3 Å². The molecular formula is C9H16N2O2. The molecule has 0 spiro atoms. The van der Waals surface area contributed by atoms with E-state index in [0.29, 0.717) is 12.5 Å². The highest BCUT2D eigenvalue weighted by Crippen LogP contribution is 2.12. The summed E-state index contributed by atoms with van der Waals surface area (Å²) in [4.78, 5) is 15.8. The van der Waals surface area contributed by atoms with Crippen LogP contribution < -0.4 is 5.32 Å². The second kappa shape index (κ2) is 4.07. The standard InChI is InChI=1S/C9H16N2O2/c12-9-4-6-11(13-9)7-8-3-1-2-5-10-8/h8,10H,1-7H2. The molecule has 4 heteroatoms. The number of carbonyl (C=O) groups is 1. The van der Waals surface area contributed by atoms with Gasteiger partial charge in [0.25, 0.3) is 0 Å². The van der Waals surface area contributed by atoms with Gasteiger partial charge in [0.15, 0.2) is 0 Å². The van der Waals surface area contributed by atoms with Crippen molar-refractivity contribution >= 4 is 5.97 Å². The van der Waals surface area contributed by atoms with Crippen LogP contribution in [0.1, 0.15) is 25.7 Å². The second-order valence-corrected chi connectivity index (χ2v) is 3.75. The minimum absolute atomic E-state index is 0.0872. The minimum Gasteiger partial charge on any atom is -0.368 e. The van der Waals surface area contributed by atoms with Crippen molar-refractivity contribution in [2.75, 3.05) is 19.6 Å². The van der Waals surface area contributed by atoms with Gasteiger partial charge in [0.05, 0.1) is 13.0 Å². The SMILES string of the molecule is O=C1CCN(CC2CCCCN2)O1. The zero-order valence-electron chi connectivity index (χ0n) is 7.79. The Balaban J connectivity index is 1.73. The van der Waals surface area contributed by atoms with E-state index < -0.39 is 0 Å². The fraction of sp³-hybridized carbons (Fsp3) is 0.889. The Morgan fingerprint density at radius 1 is 1.54 bits per heavy atom. The van der Waals surface area contributed by atoms with E-state index in [2.05, 4.69) is 5.32 Å². The Morgan fingerprint density at radius 2 is 2.46 bits per heavy atom. The fourth-order valence-corrected chi connectivity index (χ4v) is 1.91. The van der Waals surface area contributed by atoms with Crippen LogP contribution in [0, 0.1) is 0 Å². The van der Waals surface area contributed by atoms with Crippen molar-refractivity contribution in [2.45, 2.75) is 31.7 Å². The molecule has 0 aromatic carbocycles. The van der Waals surface area contributed by atoms with Crippen molar-refractivity contribution in [2.24, 2.45) is 0 Å². The molecule has 1 N–H and O–H groups in total. The number of rotatable bonds is 2. The van der Waals surface area contributed by atoms with Crippen LogP contribution in [0.3, 0.4) is 0 Å². The highest BCUT2D eigenvalue weighted by atomic mass is 16.7. The molecule has 2 aliphatic rings. The van der Waals surface area contributed by atoms with Crippen LogP contribution in [0.4, 0.5) is 0 Å². The lowest BCUT2D eigenvalue weighted by atomic mass is 10.1. The summed E-state index contributed by atoms with van der Waals surface area (Å²) in [5.74, 6) is -0.0872. The Hall–Kier alpha value is -0.610. The maximum absolute atomic E-state index is 10.8. The lowest BCUT2D eigenvalue weighted by molar-refractivity contribution is -0.171. The van der Waals surface area contributed by atoms with Gasteiger partial charge in [-0.15, -0.1) is 5.06 Å². The van der Waals surface area contributed by atoms with E-state index in [0.717, 1.165) is 19.6 Å². The average Bonchev–Trinajstić information content (AvgIpc) is 2.53. The summed E-state index contributed by atoms with van der Waals surface area (Å²) in [6.07, 6.45) is 4.32. The molecule has 2 aliphatic heterocycles. The predicted octanol–water partition coefficient (Wildman–Crippen LogP) is 0.292. The third-order valence-corrected chi connectivity index (χ3v) is 2.63. The van der Waals surface area contributed by atoms with Gasteiger partial charge < -0.3 is 10.2 Å². The van der Waals surface area contributed by atoms with Crippen molar-refractivity contribution in [1.82, 2.24) is 10.4 Å². The van der Waals surface area contributed by atoms with Crippen LogP contribution in [0.25, 0.3) is 0 Å². The number of hydrogen-bond acceptors (Lipinski definition) is 4. The molecule has 0 aliphatic carbocycles. The van der Waals surface area contributed by atoms with Gasteiger partial charge in [-0.2, -0.15) is 0 Å². The minimum atomic E-state index is -0.0872. The molecule has 2 heterocycles. The van der Waals surface area contributed by atoms with Crippen LogP contribution in [-0.2, 0) is 9.63 Å². The number of hydroxylamine groups is 2. The quantitative estimate of drug-likeness (QED) is 0.670. The number of nitrogens with zero attached hydrogens (tertiary/aromatic N) is 1. The largest absolute Gasteiger partial charge is 0.368 e. The summed E-state index contributed by atoms with van der Waals surface area (Å²) in [5, 5.41) is 5.21. The highest BCUT2D eigenvalue weighted by Gasteiger charge is 2.24. The summed E-state index contributed by atoms with van der Waals surface area (Å²) in [6, 6.07) is 0.514. The van der Waals surface area contributed by atoms with Gasteiger partial charge in [0, 0.05) is 12.6 Å². The Bertz CT molecular complexity index is 190. The fourth-order valence-electron chi connectivity index (χ4n) is 1.91. The number of piperidine rings is 1. The van der Waals surface area contributed by atoms with E-state index >= 15 is 0 Å². The van der Waals surface area contributed by atoms with E-state index in [9.17, 15) is 4.79 Å². The number of hydrogen-bond donors (Lipinski definition) is 1. The van der Waals surface area contributed by atoms with Gasteiger partial charge in [-0.25, -0.2) is 0 Å². The first-order valence-electron chi connectivity index (χ1n) is 5.04. The van der Waals surface area contributed by atoms with Crippen molar-refractivity contribution in [3.05, 3.63) is 0 Å². The summed E-state index contributed by atoms with van der Waals surface area (Å²) in [6.45, 7) is 2.72. The highest BCUT2D eigenvalue weighted by molar-refractivity contribution is 5.70. The Morgan fingerprint density at radius 3 is 3.08 bits per heavy atom. The average molecular weight is 184 g/mol. The summed E-state index contributed by atoms with van der Waals surface area (Å²) < 4.78 is 0. The van der Waals surface area contributed by atoms with Gasteiger partial charge >= 0.3 is 5.97 Å². The maximum Gasteiger partial charge on any atom is 0.326 e. The van der Waals surface area contributed by atoms with E-state index in [1.54, 1.807) is 5.06 Å². The molecule has 0 aromatic rings. The zero-order chi connectivity index (χ0) is 9.10. The lowest BCUT2D eigenvalue weighted by Crippen LogP contribution is -2.42. The van der Waals surface area contributed by atoms with Crippen molar-refractivity contribution in [1.29, 1.82) is 0 Å². The third kappa shape index (κ3) is 2.42. The molecule has 1 atom stereocenters.